The van der Waals surface area contributed by atoms with Crippen LogP contribution < -0.4 is 3.13 Å². The Labute approximate surface area is 118 Å². The van der Waals surface area contributed by atoms with Crippen molar-refractivity contribution < 1.29 is 17.6 Å². The smallest absolute Gasteiger partial charge is 0 e. The Morgan fingerprint density at radius 3 is 1.87 bits per heavy atom. The van der Waals surface area contributed by atoms with Crippen LogP contribution in [0.15, 0.2) is 30.3 Å². The van der Waals surface area contributed by atoms with Crippen LogP contribution in [0.25, 0.3) is 0 Å². The van der Waals surface area contributed by atoms with E-state index in [1.54, 1.807) is 0 Å². The van der Waals surface area contributed by atoms with E-state index in [0.717, 1.165) is 12.1 Å². The van der Waals surface area contributed by atoms with Gasteiger partial charge in [-0.25, -0.2) is 0 Å². The summed E-state index contributed by atoms with van der Waals surface area (Å²) < 4.78 is 53.3. The largest absolute Gasteiger partial charge is 0 e. The number of alkyl halides is 4. The minimum atomic E-state index is -4.18. The van der Waals surface area contributed by atoms with Gasteiger partial charge in [-0.05, 0) is 0 Å². The SMILES string of the molecule is FC(F)([NH][Pb])C(F)(F)c1ccccc1.[I]. The Kier molecular flexibility index (Phi) is 5.97. The average molecular weight is 526 g/mol. The van der Waals surface area contributed by atoms with Gasteiger partial charge in [0.05, 0.1) is 0 Å². The summed E-state index contributed by atoms with van der Waals surface area (Å²) in [7, 11) is 0. The van der Waals surface area contributed by atoms with Crippen molar-refractivity contribution >= 4 is 50.0 Å². The van der Waals surface area contributed by atoms with Crippen molar-refractivity contribution in [3.8, 4) is 0 Å². The Morgan fingerprint density at radius 2 is 1.47 bits per heavy atom. The van der Waals surface area contributed by atoms with E-state index in [9.17, 15) is 17.6 Å². The van der Waals surface area contributed by atoms with Crippen LogP contribution in [0.4, 0.5) is 17.6 Å². The van der Waals surface area contributed by atoms with Crippen LogP contribution >= 0.6 is 24.0 Å². The zero-order valence-electron chi connectivity index (χ0n) is 7.28. The van der Waals surface area contributed by atoms with Crippen LogP contribution in [-0.2, 0) is 5.92 Å². The van der Waals surface area contributed by atoms with Gasteiger partial charge in [-0.3, -0.25) is 0 Å². The molecule has 1 N–H and O–H groups in total. The van der Waals surface area contributed by atoms with Crippen LogP contribution in [0.3, 0.4) is 0 Å². The zero-order chi connectivity index (χ0) is 10.8. The second-order valence-corrected chi connectivity index (χ2v) is 3.61. The van der Waals surface area contributed by atoms with Crippen LogP contribution in [0.5, 0.6) is 0 Å². The molecule has 1 aromatic rings. The molecule has 0 heterocycles. The van der Waals surface area contributed by atoms with Crippen molar-refractivity contribution in [2.24, 2.45) is 0 Å². The molecule has 0 amide bonds. The number of halogens is 5. The summed E-state index contributed by atoms with van der Waals surface area (Å²) in [6, 6.07) is 1.87. The normalized spacial score (nSPS) is 12.1. The zero-order valence-corrected chi connectivity index (χ0v) is 13.3. The van der Waals surface area contributed by atoms with E-state index in [0.29, 0.717) is 0 Å². The van der Waals surface area contributed by atoms with Gasteiger partial charge in [0.1, 0.15) is 0 Å². The Hall–Kier alpha value is 0.552. The fourth-order valence-electron chi connectivity index (χ4n) is 0.907. The van der Waals surface area contributed by atoms with Gasteiger partial charge in [0.15, 0.2) is 0 Å². The molecule has 1 rings (SSSR count). The van der Waals surface area contributed by atoms with E-state index in [1.807, 2.05) is 0 Å². The van der Waals surface area contributed by atoms with Crippen molar-refractivity contribution in [2.75, 3.05) is 0 Å². The Morgan fingerprint density at radius 1 is 1.00 bits per heavy atom. The molecular weight excluding hydrogens is 520 g/mol. The molecule has 0 spiro atoms. The fourth-order valence-corrected chi connectivity index (χ4v) is 1.52. The van der Waals surface area contributed by atoms with E-state index in [2.05, 4.69) is 0 Å². The molecule has 0 aromatic heterocycles. The molecular formula is C8H6F4INPb. The fraction of sp³-hybridized carbons (Fsp3) is 0.250. The summed E-state index contributed by atoms with van der Waals surface area (Å²) in [5, 5.41) is 0. The summed E-state index contributed by atoms with van der Waals surface area (Å²) >= 11 is -0.201. The first-order chi connectivity index (χ1) is 6.42. The van der Waals surface area contributed by atoms with Crippen molar-refractivity contribution in [3.05, 3.63) is 35.9 Å². The van der Waals surface area contributed by atoms with Gasteiger partial charge in [0.25, 0.3) is 0 Å². The van der Waals surface area contributed by atoms with Gasteiger partial charge in [-0.15, -0.1) is 0 Å². The van der Waals surface area contributed by atoms with Gasteiger partial charge in [0.2, 0.25) is 0 Å². The molecule has 0 aliphatic heterocycles. The monoisotopic (exact) mass is 527 g/mol. The third kappa shape index (κ3) is 3.25. The number of nitrogens with one attached hydrogen (secondary N) is 1. The maximum Gasteiger partial charge on any atom is 0 e. The molecule has 0 fully saturated rings. The molecule has 15 heavy (non-hydrogen) atoms. The molecule has 0 saturated carbocycles. The third-order valence-corrected chi connectivity index (χ3v) is 2.91. The van der Waals surface area contributed by atoms with Gasteiger partial charge in [-0.2, -0.15) is 0 Å². The van der Waals surface area contributed by atoms with Gasteiger partial charge in [-0.1, -0.05) is 0 Å². The maximum absolute atomic E-state index is 13.1. The third-order valence-electron chi connectivity index (χ3n) is 1.69. The molecule has 1 nitrogen and oxygen atoms in total. The quantitative estimate of drug-likeness (QED) is 0.277. The van der Waals surface area contributed by atoms with E-state index in [1.165, 1.54) is 21.3 Å². The first-order valence-corrected chi connectivity index (χ1v) is 5.61. The van der Waals surface area contributed by atoms with E-state index >= 15 is 0 Å². The molecule has 0 saturated heterocycles. The van der Waals surface area contributed by atoms with Crippen molar-refractivity contribution in [2.45, 2.75) is 12.0 Å². The molecule has 82 valence electrons. The maximum atomic E-state index is 13.1. The second kappa shape index (κ2) is 5.75. The molecule has 0 unspecified atom stereocenters. The standard InChI is InChI=1S/C8H6F4N.I.Pb/c9-7(10,8(11,12)13)6-4-2-1-3-5-6;;/h1-5,13H;;/q-1;;+1. The van der Waals surface area contributed by atoms with Crippen LogP contribution in [0.2, 0.25) is 0 Å². The Balaban J connectivity index is 0.00000196. The predicted octanol–water partition coefficient (Wildman–Crippen LogP) is 2.93. The molecule has 1 aromatic carbocycles. The van der Waals surface area contributed by atoms with E-state index in [4.69, 9.17) is 0 Å². The van der Waals surface area contributed by atoms with Crippen molar-refractivity contribution in [1.82, 2.24) is 3.13 Å². The molecule has 0 bridgehead atoms. The number of hydrogen-bond donors (Lipinski definition) is 1. The van der Waals surface area contributed by atoms with Crippen LogP contribution in [0, 0.1) is 0 Å². The summed E-state index contributed by atoms with van der Waals surface area (Å²) in [5.74, 6) is -4.17. The van der Waals surface area contributed by atoms with Crippen LogP contribution in [0.1, 0.15) is 5.56 Å². The average Bonchev–Trinajstić information content (AvgIpc) is 2.19. The number of hydrogen-bond acceptors (Lipinski definition) is 1. The van der Waals surface area contributed by atoms with Gasteiger partial charge in [0, 0.05) is 24.0 Å². The van der Waals surface area contributed by atoms with Crippen LogP contribution in [-0.4, -0.2) is 32.1 Å². The molecule has 4 radical (unpaired) electrons. The first kappa shape index (κ1) is 15.6. The first-order valence-electron chi connectivity index (χ1n) is 3.67. The summed E-state index contributed by atoms with van der Waals surface area (Å²) in [6.07, 6.45) is 0. The second-order valence-electron chi connectivity index (χ2n) is 2.64. The molecule has 0 atom stereocenters. The molecule has 7 heteroatoms. The van der Waals surface area contributed by atoms with E-state index < -0.39 is 17.5 Å². The van der Waals surface area contributed by atoms with Crippen molar-refractivity contribution in [3.63, 3.8) is 0 Å². The summed E-state index contributed by atoms with van der Waals surface area (Å²) in [6.45, 7) is 0. The summed E-state index contributed by atoms with van der Waals surface area (Å²) in [5.41, 5.74) is -0.687. The Bertz CT molecular complexity index is 307. The molecule has 0 aliphatic carbocycles. The minimum absolute atomic E-state index is 0. The van der Waals surface area contributed by atoms with Gasteiger partial charge >= 0.3 is 94.6 Å². The topological polar surface area (TPSA) is 12.0 Å². The van der Waals surface area contributed by atoms with Crippen molar-refractivity contribution in [1.29, 1.82) is 0 Å². The minimum Gasteiger partial charge on any atom is 0 e. The predicted molar refractivity (Wildman–Crippen MR) is 58.2 cm³/mol. The number of rotatable bonds is 3. The summed E-state index contributed by atoms with van der Waals surface area (Å²) in [4.78, 5) is 0. The van der Waals surface area contributed by atoms with Gasteiger partial charge < -0.3 is 0 Å². The molecule has 0 aliphatic rings. The number of benzene rings is 1. The van der Waals surface area contributed by atoms with E-state index in [-0.39, 0.29) is 50.0 Å².